The fourth-order valence-corrected chi connectivity index (χ4v) is 2.90. The van der Waals surface area contributed by atoms with Gasteiger partial charge in [-0.05, 0) is 61.4 Å². The zero-order valence-electron chi connectivity index (χ0n) is 14.9. The molecular formula is C21H18ClN3O2. The van der Waals surface area contributed by atoms with E-state index in [-0.39, 0.29) is 17.4 Å². The molecule has 0 aliphatic carbocycles. The van der Waals surface area contributed by atoms with Crippen molar-refractivity contribution < 1.29 is 9.59 Å². The normalized spacial score (nSPS) is 10.3. The molecule has 0 unspecified atom stereocenters. The molecule has 3 aromatic rings. The van der Waals surface area contributed by atoms with E-state index in [2.05, 4.69) is 15.6 Å². The Kier molecular flexibility index (Phi) is 5.52. The number of hydrogen-bond acceptors (Lipinski definition) is 3. The molecule has 1 aromatic heterocycles. The molecule has 0 radical (unpaired) electrons. The highest BCUT2D eigenvalue weighted by Crippen LogP contribution is 2.17. The van der Waals surface area contributed by atoms with E-state index in [1.54, 1.807) is 24.3 Å². The molecule has 0 fully saturated rings. The molecule has 6 heteroatoms. The van der Waals surface area contributed by atoms with Crippen LogP contribution in [-0.2, 0) is 0 Å². The molecule has 0 aliphatic heterocycles. The van der Waals surface area contributed by atoms with Gasteiger partial charge in [0.25, 0.3) is 11.8 Å². The van der Waals surface area contributed by atoms with Crippen LogP contribution in [0.2, 0.25) is 5.02 Å². The molecule has 0 saturated carbocycles. The number of anilines is 2. The lowest BCUT2D eigenvalue weighted by atomic mass is 10.1. The molecule has 0 spiro atoms. The Morgan fingerprint density at radius 2 is 1.41 bits per heavy atom. The van der Waals surface area contributed by atoms with E-state index in [4.69, 9.17) is 11.6 Å². The Morgan fingerprint density at radius 3 is 2.00 bits per heavy atom. The maximum absolute atomic E-state index is 12.5. The lowest BCUT2D eigenvalue weighted by Gasteiger charge is -2.09. The summed E-state index contributed by atoms with van der Waals surface area (Å²) in [5.74, 6) is -0.698. The summed E-state index contributed by atoms with van der Waals surface area (Å²) < 4.78 is 0. The van der Waals surface area contributed by atoms with Gasteiger partial charge in [-0.3, -0.25) is 14.6 Å². The number of amides is 2. The standard InChI is InChI=1S/C21H18ClN3O2/c1-13-6-14(2)8-19(7-13)25-21(27)16-9-15(11-23-12-16)20(26)24-18-5-3-4-17(22)10-18/h3-12H,1-2H3,(H,24,26)(H,25,27). The summed E-state index contributed by atoms with van der Waals surface area (Å²) in [5.41, 5.74) is 3.95. The van der Waals surface area contributed by atoms with E-state index < -0.39 is 0 Å². The van der Waals surface area contributed by atoms with Crippen molar-refractivity contribution in [1.82, 2.24) is 4.98 Å². The van der Waals surface area contributed by atoms with Gasteiger partial charge in [-0.25, -0.2) is 0 Å². The van der Waals surface area contributed by atoms with Gasteiger partial charge in [0.15, 0.2) is 0 Å². The summed E-state index contributed by atoms with van der Waals surface area (Å²) in [6, 6.07) is 14.1. The van der Waals surface area contributed by atoms with E-state index >= 15 is 0 Å². The summed E-state index contributed by atoms with van der Waals surface area (Å²) in [7, 11) is 0. The fraction of sp³-hybridized carbons (Fsp3) is 0.0952. The van der Waals surface area contributed by atoms with Gasteiger partial charge >= 0.3 is 0 Å². The van der Waals surface area contributed by atoms with Crippen LogP contribution >= 0.6 is 11.6 Å². The van der Waals surface area contributed by atoms with Gasteiger partial charge in [0.05, 0.1) is 11.1 Å². The largest absolute Gasteiger partial charge is 0.322 e. The minimum absolute atomic E-state index is 0.281. The second-order valence-corrected chi connectivity index (χ2v) is 6.69. The summed E-state index contributed by atoms with van der Waals surface area (Å²) in [4.78, 5) is 29.0. The van der Waals surface area contributed by atoms with Crippen LogP contribution in [0.5, 0.6) is 0 Å². The fourth-order valence-electron chi connectivity index (χ4n) is 2.71. The molecule has 0 bridgehead atoms. The van der Waals surface area contributed by atoms with Gasteiger partial charge in [0, 0.05) is 28.8 Å². The second kappa shape index (κ2) is 8.01. The number of benzene rings is 2. The average Bonchev–Trinajstić information content (AvgIpc) is 2.61. The van der Waals surface area contributed by atoms with Crippen molar-refractivity contribution in [2.45, 2.75) is 13.8 Å². The number of halogens is 1. The number of rotatable bonds is 4. The highest BCUT2D eigenvalue weighted by atomic mass is 35.5. The van der Waals surface area contributed by atoms with Gasteiger partial charge in [-0.2, -0.15) is 0 Å². The molecule has 136 valence electrons. The number of aromatic nitrogens is 1. The highest BCUT2D eigenvalue weighted by Gasteiger charge is 2.12. The summed E-state index contributed by atoms with van der Waals surface area (Å²) in [6.45, 7) is 3.93. The maximum Gasteiger partial charge on any atom is 0.257 e. The molecule has 0 saturated heterocycles. The third-order valence-corrected chi connectivity index (χ3v) is 4.06. The lowest BCUT2D eigenvalue weighted by molar-refractivity contribution is 0.102. The van der Waals surface area contributed by atoms with Crippen LogP contribution in [0.1, 0.15) is 31.8 Å². The minimum Gasteiger partial charge on any atom is -0.322 e. The van der Waals surface area contributed by atoms with Crippen molar-refractivity contribution in [1.29, 1.82) is 0 Å². The van der Waals surface area contributed by atoms with Gasteiger partial charge in [-0.15, -0.1) is 0 Å². The van der Waals surface area contributed by atoms with Crippen molar-refractivity contribution >= 4 is 34.8 Å². The molecule has 1 heterocycles. The Morgan fingerprint density at radius 1 is 0.815 bits per heavy atom. The predicted octanol–water partition coefficient (Wildman–Crippen LogP) is 4.86. The van der Waals surface area contributed by atoms with Crippen LogP contribution in [0.15, 0.2) is 60.9 Å². The first-order valence-corrected chi connectivity index (χ1v) is 8.70. The van der Waals surface area contributed by atoms with Gasteiger partial charge in [-0.1, -0.05) is 23.7 Å². The van der Waals surface area contributed by atoms with E-state index in [9.17, 15) is 9.59 Å². The number of carbonyl (C=O) groups is 2. The minimum atomic E-state index is -0.370. The van der Waals surface area contributed by atoms with Crippen LogP contribution in [0.4, 0.5) is 11.4 Å². The number of nitrogens with one attached hydrogen (secondary N) is 2. The average molecular weight is 380 g/mol. The SMILES string of the molecule is Cc1cc(C)cc(NC(=O)c2cncc(C(=O)Nc3cccc(Cl)c3)c2)c1. The third-order valence-electron chi connectivity index (χ3n) is 3.82. The first-order chi connectivity index (χ1) is 12.9. The topological polar surface area (TPSA) is 71.1 Å². The van der Waals surface area contributed by atoms with E-state index in [0.717, 1.165) is 11.1 Å². The number of hydrogen-bond donors (Lipinski definition) is 2. The molecule has 2 amide bonds. The lowest BCUT2D eigenvalue weighted by Crippen LogP contribution is -2.16. The first kappa shape index (κ1) is 18.6. The van der Waals surface area contributed by atoms with Gasteiger partial charge < -0.3 is 10.6 Å². The van der Waals surface area contributed by atoms with Gasteiger partial charge in [0.1, 0.15) is 0 Å². The number of nitrogens with zero attached hydrogens (tertiary/aromatic N) is 1. The monoisotopic (exact) mass is 379 g/mol. The molecule has 5 nitrogen and oxygen atoms in total. The van der Waals surface area contributed by atoms with Gasteiger partial charge in [0.2, 0.25) is 0 Å². The molecule has 0 aliphatic rings. The van der Waals surface area contributed by atoms with Crippen LogP contribution in [-0.4, -0.2) is 16.8 Å². The molecule has 27 heavy (non-hydrogen) atoms. The van der Waals surface area contributed by atoms with Crippen molar-refractivity contribution in [3.8, 4) is 0 Å². The predicted molar refractivity (Wildman–Crippen MR) is 108 cm³/mol. The number of aryl methyl sites for hydroxylation is 2. The van der Waals surface area contributed by atoms with Crippen LogP contribution in [0, 0.1) is 13.8 Å². The Hall–Kier alpha value is -3.18. The summed E-state index contributed by atoms with van der Waals surface area (Å²) in [5, 5.41) is 6.09. The second-order valence-electron chi connectivity index (χ2n) is 6.26. The zero-order chi connectivity index (χ0) is 19.4. The highest BCUT2D eigenvalue weighted by molar-refractivity contribution is 6.31. The van der Waals surface area contributed by atoms with Crippen molar-refractivity contribution in [2.75, 3.05) is 10.6 Å². The van der Waals surface area contributed by atoms with Crippen molar-refractivity contribution in [3.05, 3.63) is 88.2 Å². The molecule has 3 rings (SSSR count). The molecule has 2 N–H and O–H groups in total. The van der Waals surface area contributed by atoms with Crippen LogP contribution in [0.3, 0.4) is 0 Å². The third kappa shape index (κ3) is 4.92. The quantitative estimate of drug-likeness (QED) is 0.680. The Bertz CT molecular complexity index is 998. The van der Waals surface area contributed by atoms with E-state index in [1.165, 1.54) is 18.5 Å². The molecule has 2 aromatic carbocycles. The molecule has 0 atom stereocenters. The Labute approximate surface area is 162 Å². The Balaban J connectivity index is 1.76. The summed E-state index contributed by atoms with van der Waals surface area (Å²) in [6.07, 6.45) is 2.83. The number of carbonyl (C=O) groups excluding carboxylic acids is 2. The van der Waals surface area contributed by atoms with Crippen LogP contribution in [0.25, 0.3) is 0 Å². The van der Waals surface area contributed by atoms with Crippen molar-refractivity contribution in [2.24, 2.45) is 0 Å². The van der Waals surface area contributed by atoms with E-state index in [0.29, 0.717) is 22.0 Å². The molecular weight excluding hydrogens is 362 g/mol. The van der Waals surface area contributed by atoms with E-state index in [1.807, 2.05) is 32.0 Å². The zero-order valence-corrected chi connectivity index (χ0v) is 15.7. The maximum atomic E-state index is 12.5. The number of pyridine rings is 1. The summed E-state index contributed by atoms with van der Waals surface area (Å²) >= 11 is 5.92. The smallest absolute Gasteiger partial charge is 0.257 e. The van der Waals surface area contributed by atoms with Crippen LogP contribution < -0.4 is 10.6 Å². The first-order valence-electron chi connectivity index (χ1n) is 8.32. The van der Waals surface area contributed by atoms with Crippen molar-refractivity contribution in [3.63, 3.8) is 0 Å².